The van der Waals surface area contributed by atoms with Gasteiger partial charge in [-0.1, -0.05) is 18.7 Å². The molecule has 196 valence electrons. The highest BCUT2D eigenvalue weighted by Gasteiger charge is 2.72. The number of rotatable bonds is 9. The van der Waals surface area contributed by atoms with Crippen LogP contribution < -0.4 is 15.8 Å². The fraction of sp³-hybridized carbons (Fsp3) is 0.440. The van der Waals surface area contributed by atoms with Crippen molar-refractivity contribution in [2.75, 3.05) is 39.4 Å². The molecule has 3 heterocycles. The minimum atomic E-state index is -1.07. The summed E-state index contributed by atoms with van der Waals surface area (Å²) in [5, 5.41) is 3.40. The number of methoxy groups -OCH3 is 2. The molecule has 1 aliphatic carbocycles. The average molecular weight is 531 g/mol. The molecule has 2 aliphatic rings. The van der Waals surface area contributed by atoms with Gasteiger partial charge in [0.2, 0.25) is 0 Å². The number of hydrogen-bond acceptors (Lipinski definition) is 10. The predicted molar refractivity (Wildman–Crippen MR) is 138 cm³/mol. The molecule has 0 amide bonds. The number of halogens is 2. The molecule has 9 nitrogen and oxygen atoms in total. The zero-order valence-corrected chi connectivity index (χ0v) is 21.7. The first-order valence-electron chi connectivity index (χ1n) is 11.8. The highest BCUT2D eigenvalue weighted by Crippen LogP contribution is 2.69. The second kappa shape index (κ2) is 9.66. The van der Waals surface area contributed by atoms with Gasteiger partial charge in [-0.2, -0.15) is 0 Å². The number of anilines is 2. The van der Waals surface area contributed by atoms with Crippen LogP contribution in [0.4, 0.5) is 20.3 Å². The number of nitrogens with zero attached hydrogens (tertiary/aromatic N) is 4. The van der Waals surface area contributed by atoms with E-state index in [1.807, 2.05) is 0 Å². The van der Waals surface area contributed by atoms with Gasteiger partial charge in [-0.15, -0.1) is 0 Å². The van der Waals surface area contributed by atoms with E-state index < -0.39 is 17.2 Å². The quantitative estimate of drug-likeness (QED) is 0.396. The topological polar surface area (TPSA) is 117 Å². The molecule has 0 bridgehead atoms. The number of aliphatic imine (C=N–C) groups is 1. The van der Waals surface area contributed by atoms with Gasteiger partial charge in [0, 0.05) is 43.5 Å². The second-order valence-corrected chi connectivity index (χ2v) is 10.8. The maximum Gasteiger partial charge on any atom is 0.164 e. The molecule has 2 aromatic heterocycles. The molecule has 0 saturated heterocycles. The Labute approximate surface area is 217 Å². The van der Waals surface area contributed by atoms with E-state index in [4.69, 9.17) is 19.9 Å². The predicted octanol–water partition coefficient (Wildman–Crippen LogP) is 4.00. The van der Waals surface area contributed by atoms with Crippen LogP contribution in [0, 0.1) is 23.5 Å². The number of thioether (sulfide) groups is 1. The van der Waals surface area contributed by atoms with Crippen LogP contribution in [0.15, 0.2) is 35.7 Å². The van der Waals surface area contributed by atoms with Gasteiger partial charge >= 0.3 is 0 Å². The van der Waals surface area contributed by atoms with E-state index in [1.165, 1.54) is 18.1 Å². The number of aromatic nitrogens is 3. The first-order chi connectivity index (χ1) is 17.7. The summed E-state index contributed by atoms with van der Waals surface area (Å²) in [6.45, 7) is 5.10. The minimum Gasteiger partial charge on any atom is -0.489 e. The van der Waals surface area contributed by atoms with Crippen LogP contribution in [0.2, 0.25) is 0 Å². The van der Waals surface area contributed by atoms with E-state index in [1.54, 1.807) is 39.5 Å². The summed E-state index contributed by atoms with van der Waals surface area (Å²) in [7, 11) is 3.21. The van der Waals surface area contributed by atoms with Gasteiger partial charge in [0.05, 0.1) is 35.2 Å². The Bertz CT molecular complexity index is 1380. The lowest BCUT2D eigenvalue weighted by Crippen LogP contribution is -2.37. The maximum atomic E-state index is 15.3. The summed E-state index contributed by atoms with van der Waals surface area (Å²) < 4.78 is 46.0. The van der Waals surface area contributed by atoms with Crippen molar-refractivity contribution in [2.24, 2.45) is 22.6 Å². The molecular weight excluding hydrogens is 502 g/mol. The molecule has 1 aliphatic heterocycles. The zero-order valence-electron chi connectivity index (χ0n) is 20.9. The highest BCUT2D eigenvalue weighted by atomic mass is 32.2. The third-order valence-electron chi connectivity index (χ3n) is 7.14. The van der Waals surface area contributed by atoms with Gasteiger partial charge in [-0.05, 0) is 18.9 Å². The first kappa shape index (κ1) is 25.6. The fourth-order valence-corrected chi connectivity index (χ4v) is 7.06. The van der Waals surface area contributed by atoms with Gasteiger partial charge in [0.25, 0.3) is 0 Å². The Kier molecular flexibility index (Phi) is 6.67. The molecule has 3 aromatic rings. The normalized spacial score (nSPS) is 26.5. The molecule has 37 heavy (non-hydrogen) atoms. The van der Waals surface area contributed by atoms with Crippen molar-refractivity contribution in [2.45, 2.75) is 24.1 Å². The van der Waals surface area contributed by atoms with Gasteiger partial charge < -0.3 is 25.3 Å². The molecule has 1 fully saturated rings. The molecule has 1 aromatic carbocycles. The van der Waals surface area contributed by atoms with Gasteiger partial charge in [0.1, 0.15) is 24.2 Å². The van der Waals surface area contributed by atoms with E-state index >= 15 is 4.39 Å². The van der Waals surface area contributed by atoms with Crippen LogP contribution in [0.5, 0.6) is 5.75 Å². The zero-order chi connectivity index (χ0) is 26.4. The standard InChI is InChI=1S/C25H28F2N6O3S/c1-13-21-24(2,33-23(28)37-25(13,21)11-35-4)16-7-14(8-17(26)19(16)27)32-22-20-18(30-12-31-22)9-15(10-29-20)36-6-5-34-3/h7-10,12-13,21H,5-6,11H2,1-4H3,(H2,28,33)(H,30,31,32)/t13-,21-,24+,25-/m0/s1. The van der Waals surface area contributed by atoms with E-state index in [0.717, 1.165) is 6.07 Å². The molecule has 0 spiro atoms. The lowest BCUT2D eigenvalue weighted by Gasteiger charge is -2.34. The molecule has 0 radical (unpaired) electrons. The van der Waals surface area contributed by atoms with Crippen molar-refractivity contribution in [3.8, 4) is 5.75 Å². The molecule has 0 unspecified atom stereocenters. The number of pyridine rings is 1. The first-order valence-corrected chi connectivity index (χ1v) is 12.6. The molecule has 4 atom stereocenters. The van der Waals surface area contributed by atoms with E-state index in [-0.39, 0.29) is 22.1 Å². The third-order valence-corrected chi connectivity index (χ3v) is 8.57. The van der Waals surface area contributed by atoms with E-state index in [9.17, 15) is 4.39 Å². The molecule has 5 rings (SSSR count). The molecule has 12 heteroatoms. The van der Waals surface area contributed by atoms with Crippen molar-refractivity contribution in [1.82, 2.24) is 15.0 Å². The number of benzene rings is 1. The van der Waals surface area contributed by atoms with Gasteiger partial charge in [0.15, 0.2) is 22.6 Å². The maximum absolute atomic E-state index is 15.3. The Morgan fingerprint density at radius 1 is 1.11 bits per heavy atom. The van der Waals surface area contributed by atoms with Crippen molar-refractivity contribution >= 4 is 39.5 Å². The Hall–Kier alpha value is -3.09. The average Bonchev–Trinajstić information content (AvgIpc) is 3.44. The Balaban J connectivity index is 1.50. The van der Waals surface area contributed by atoms with Crippen LogP contribution in [0.1, 0.15) is 19.4 Å². The largest absolute Gasteiger partial charge is 0.489 e. The van der Waals surface area contributed by atoms with Crippen molar-refractivity contribution in [1.29, 1.82) is 0 Å². The molecule has 3 N–H and O–H groups in total. The summed E-state index contributed by atoms with van der Waals surface area (Å²) in [6.07, 6.45) is 2.91. The summed E-state index contributed by atoms with van der Waals surface area (Å²) in [4.78, 5) is 17.6. The number of hydrogen-bond donors (Lipinski definition) is 2. The van der Waals surface area contributed by atoms with Crippen LogP contribution in [-0.2, 0) is 15.0 Å². The van der Waals surface area contributed by atoms with Crippen molar-refractivity contribution in [3.05, 3.63) is 47.9 Å². The van der Waals surface area contributed by atoms with Crippen LogP contribution in [0.25, 0.3) is 11.0 Å². The smallest absolute Gasteiger partial charge is 0.164 e. The highest BCUT2D eigenvalue weighted by molar-refractivity contribution is 8.15. The fourth-order valence-electron chi connectivity index (χ4n) is 5.44. The summed E-state index contributed by atoms with van der Waals surface area (Å²) in [5.74, 6) is -1.03. The Morgan fingerprint density at radius 3 is 2.68 bits per heavy atom. The summed E-state index contributed by atoms with van der Waals surface area (Å²) in [6, 6.07) is 4.37. The summed E-state index contributed by atoms with van der Waals surface area (Å²) in [5.41, 5.74) is 6.51. The summed E-state index contributed by atoms with van der Waals surface area (Å²) >= 11 is 1.45. The van der Waals surface area contributed by atoms with Gasteiger partial charge in [-0.25, -0.2) is 23.7 Å². The van der Waals surface area contributed by atoms with Gasteiger partial charge in [-0.3, -0.25) is 4.99 Å². The SMILES string of the molecule is COCCOc1cnc2c(Nc3cc(F)c(F)c([C@@]4(C)N=C(N)S[C@]5(COC)[C@H]4[C@@H]5C)c3)ncnc2c1. The molecular formula is C25H28F2N6O3S. The number of nitrogens with one attached hydrogen (secondary N) is 1. The van der Waals surface area contributed by atoms with E-state index in [2.05, 4.69) is 32.2 Å². The van der Waals surface area contributed by atoms with E-state index in [0.29, 0.717) is 53.3 Å². The Morgan fingerprint density at radius 2 is 1.92 bits per heavy atom. The lowest BCUT2D eigenvalue weighted by atomic mass is 9.84. The lowest BCUT2D eigenvalue weighted by molar-refractivity contribution is 0.146. The van der Waals surface area contributed by atoms with Crippen LogP contribution in [0.3, 0.4) is 0 Å². The number of ether oxygens (including phenoxy) is 3. The number of nitrogens with two attached hydrogens (primary N) is 1. The van der Waals surface area contributed by atoms with Crippen molar-refractivity contribution < 1.29 is 23.0 Å². The second-order valence-electron chi connectivity index (χ2n) is 9.40. The number of amidine groups is 1. The van der Waals surface area contributed by atoms with Crippen molar-refractivity contribution in [3.63, 3.8) is 0 Å². The monoisotopic (exact) mass is 530 g/mol. The third kappa shape index (κ3) is 4.36. The minimum absolute atomic E-state index is 0.0838. The molecule has 1 saturated carbocycles. The van der Waals surface area contributed by atoms with Crippen LogP contribution >= 0.6 is 11.8 Å². The van der Waals surface area contributed by atoms with Crippen LogP contribution in [-0.4, -0.2) is 58.9 Å². The number of fused-ring (bicyclic) bond motifs is 2.